The van der Waals surface area contributed by atoms with Crippen LogP contribution in [-0.4, -0.2) is 54.3 Å². The van der Waals surface area contributed by atoms with Gasteiger partial charge in [-0.1, -0.05) is 12.1 Å². The summed E-state index contributed by atoms with van der Waals surface area (Å²) in [6.07, 6.45) is -0.708. The zero-order valence-corrected chi connectivity index (χ0v) is 11.9. The van der Waals surface area contributed by atoms with Crippen molar-refractivity contribution >= 4 is 11.9 Å². The fraction of sp³-hybridized carbons (Fsp3) is 0.467. The molecule has 6 heteroatoms. The number of aliphatic carboxylic acids is 1. The maximum absolute atomic E-state index is 12.0. The lowest BCUT2D eigenvalue weighted by molar-refractivity contribution is -0.159. The quantitative estimate of drug-likeness (QED) is 0.879. The average molecular weight is 293 g/mol. The lowest BCUT2D eigenvalue weighted by atomic mass is 10.2. The zero-order chi connectivity index (χ0) is 15.2. The summed E-state index contributed by atoms with van der Waals surface area (Å²) in [5.74, 6) is -0.422. The van der Waals surface area contributed by atoms with E-state index in [9.17, 15) is 9.59 Å². The molecule has 1 saturated heterocycles. The van der Waals surface area contributed by atoms with Crippen molar-refractivity contribution in [2.45, 2.75) is 19.4 Å². The summed E-state index contributed by atoms with van der Waals surface area (Å²) < 4.78 is 10.6. The number of hydrogen-bond acceptors (Lipinski definition) is 4. The van der Waals surface area contributed by atoms with Crippen LogP contribution in [0.4, 0.5) is 0 Å². The van der Waals surface area contributed by atoms with Crippen LogP contribution in [0, 0.1) is 6.92 Å². The van der Waals surface area contributed by atoms with Crippen LogP contribution in [0.1, 0.15) is 12.0 Å². The fourth-order valence-electron chi connectivity index (χ4n) is 2.14. The molecule has 1 aromatic carbocycles. The van der Waals surface area contributed by atoms with E-state index < -0.39 is 12.1 Å². The van der Waals surface area contributed by atoms with Crippen molar-refractivity contribution in [3.05, 3.63) is 29.8 Å². The summed E-state index contributed by atoms with van der Waals surface area (Å²) in [6.45, 7) is 3.02. The summed E-state index contributed by atoms with van der Waals surface area (Å²) in [4.78, 5) is 24.4. The summed E-state index contributed by atoms with van der Waals surface area (Å²) in [7, 11) is 0. The molecule has 1 aromatic rings. The number of hydrogen-bond donors (Lipinski definition) is 1. The molecule has 0 spiro atoms. The maximum Gasteiger partial charge on any atom is 0.334 e. The monoisotopic (exact) mass is 293 g/mol. The molecule has 1 aliphatic rings. The molecule has 6 nitrogen and oxygen atoms in total. The number of carbonyl (C=O) groups excluding carboxylic acids is 1. The largest absolute Gasteiger partial charge is 0.493 e. The smallest absolute Gasteiger partial charge is 0.334 e. The molecule has 1 amide bonds. The predicted molar refractivity (Wildman–Crippen MR) is 75.2 cm³/mol. The van der Waals surface area contributed by atoms with Crippen LogP contribution in [0.5, 0.6) is 5.75 Å². The zero-order valence-electron chi connectivity index (χ0n) is 11.9. The number of carbonyl (C=O) groups is 2. The molecule has 1 atom stereocenters. The van der Waals surface area contributed by atoms with Gasteiger partial charge in [0, 0.05) is 6.54 Å². The summed E-state index contributed by atoms with van der Waals surface area (Å²) in [5, 5.41) is 8.90. The van der Waals surface area contributed by atoms with Gasteiger partial charge in [-0.05, 0) is 24.6 Å². The van der Waals surface area contributed by atoms with E-state index in [4.69, 9.17) is 14.6 Å². The molecule has 0 saturated carbocycles. The van der Waals surface area contributed by atoms with Crippen molar-refractivity contribution in [2.75, 3.05) is 26.3 Å². The number of rotatable bonds is 5. The number of ether oxygens (including phenoxy) is 2. The standard InChI is InChI=1S/C15H19NO5/c1-11-3-2-4-12(9-11)20-7-5-14(17)16-6-8-21-13(10-16)15(18)19/h2-4,9,13H,5-8,10H2,1H3,(H,18,19)/t13-/m0/s1. The third kappa shape index (κ3) is 4.46. The number of amides is 1. The molecule has 0 radical (unpaired) electrons. The number of carboxylic acids is 1. The van der Waals surface area contributed by atoms with E-state index in [1.165, 1.54) is 4.90 Å². The molecule has 1 aliphatic heterocycles. The lowest BCUT2D eigenvalue weighted by Crippen LogP contribution is -2.48. The van der Waals surface area contributed by atoms with Crippen molar-refractivity contribution in [1.82, 2.24) is 4.90 Å². The van der Waals surface area contributed by atoms with Gasteiger partial charge in [0.2, 0.25) is 5.91 Å². The summed E-state index contributed by atoms with van der Waals surface area (Å²) >= 11 is 0. The van der Waals surface area contributed by atoms with Crippen LogP contribution in [0.25, 0.3) is 0 Å². The van der Waals surface area contributed by atoms with Crippen molar-refractivity contribution < 1.29 is 24.2 Å². The Morgan fingerprint density at radius 1 is 1.48 bits per heavy atom. The highest BCUT2D eigenvalue weighted by Crippen LogP contribution is 2.13. The van der Waals surface area contributed by atoms with Crippen LogP contribution >= 0.6 is 0 Å². The number of aryl methyl sites for hydroxylation is 1. The van der Waals surface area contributed by atoms with Crippen molar-refractivity contribution in [3.63, 3.8) is 0 Å². The van der Waals surface area contributed by atoms with E-state index in [0.717, 1.165) is 11.3 Å². The third-order valence-corrected chi connectivity index (χ3v) is 3.27. The third-order valence-electron chi connectivity index (χ3n) is 3.27. The van der Waals surface area contributed by atoms with Crippen LogP contribution in [0.2, 0.25) is 0 Å². The molecule has 0 bridgehead atoms. The second-order valence-electron chi connectivity index (χ2n) is 4.95. The van der Waals surface area contributed by atoms with Gasteiger partial charge in [0.05, 0.1) is 26.2 Å². The minimum atomic E-state index is -1.04. The fourth-order valence-corrected chi connectivity index (χ4v) is 2.14. The van der Waals surface area contributed by atoms with Gasteiger partial charge >= 0.3 is 5.97 Å². The topological polar surface area (TPSA) is 76.1 Å². The van der Waals surface area contributed by atoms with Gasteiger partial charge < -0.3 is 19.5 Å². The van der Waals surface area contributed by atoms with Gasteiger partial charge in [-0.2, -0.15) is 0 Å². The van der Waals surface area contributed by atoms with E-state index in [0.29, 0.717) is 6.54 Å². The van der Waals surface area contributed by atoms with Crippen LogP contribution in [0.3, 0.4) is 0 Å². The Bertz CT molecular complexity index is 517. The van der Waals surface area contributed by atoms with Gasteiger partial charge in [-0.3, -0.25) is 4.79 Å². The van der Waals surface area contributed by atoms with Crippen molar-refractivity contribution in [1.29, 1.82) is 0 Å². The first-order chi connectivity index (χ1) is 10.1. The molecular formula is C15H19NO5. The molecule has 114 valence electrons. The first-order valence-electron chi connectivity index (χ1n) is 6.88. The van der Waals surface area contributed by atoms with Gasteiger partial charge in [0.25, 0.3) is 0 Å². The first kappa shape index (κ1) is 15.3. The second kappa shape index (κ2) is 7.08. The molecule has 2 rings (SSSR count). The Morgan fingerprint density at radius 3 is 3.00 bits per heavy atom. The van der Waals surface area contributed by atoms with E-state index in [2.05, 4.69) is 0 Å². The minimum absolute atomic E-state index is 0.0958. The first-order valence-corrected chi connectivity index (χ1v) is 6.88. The maximum atomic E-state index is 12.0. The molecular weight excluding hydrogens is 274 g/mol. The Labute approximate surface area is 123 Å². The van der Waals surface area contributed by atoms with Crippen LogP contribution in [-0.2, 0) is 14.3 Å². The van der Waals surface area contributed by atoms with Crippen LogP contribution in [0.15, 0.2) is 24.3 Å². The highest BCUT2D eigenvalue weighted by molar-refractivity contribution is 5.78. The van der Waals surface area contributed by atoms with Gasteiger partial charge in [0.1, 0.15) is 5.75 Å². The number of carboxylic acid groups (broad SMARTS) is 1. The van der Waals surface area contributed by atoms with E-state index in [1.54, 1.807) is 0 Å². The minimum Gasteiger partial charge on any atom is -0.493 e. The molecule has 0 aliphatic carbocycles. The molecule has 21 heavy (non-hydrogen) atoms. The van der Waals surface area contributed by atoms with E-state index in [-0.39, 0.29) is 32.1 Å². The van der Waals surface area contributed by atoms with Gasteiger partial charge in [0.15, 0.2) is 6.10 Å². The summed E-state index contributed by atoms with van der Waals surface area (Å²) in [5.41, 5.74) is 1.09. The molecule has 1 fully saturated rings. The number of nitrogens with zero attached hydrogens (tertiary/aromatic N) is 1. The number of morpholine rings is 1. The number of benzene rings is 1. The molecule has 0 unspecified atom stereocenters. The van der Waals surface area contributed by atoms with Crippen molar-refractivity contribution in [2.24, 2.45) is 0 Å². The Morgan fingerprint density at radius 2 is 2.29 bits per heavy atom. The Hall–Kier alpha value is -2.08. The second-order valence-corrected chi connectivity index (χ2v) is 4.95. The lowest BCUT2D eigenvalue weighted by Gasteiger charge is -2.30. The Kier molecular flexibility index (Phi) is 5.16. The van der Waals surface area contributed by atoms with Gasteiger partial charge in [-0.15, -0.1) is 0 Å². The Balaban J connectivity index is 1.78. The van der Waals surface area contributed by atoms with E-state index in [1.807, 2.05) is 31.2 Å². The van der Waals surface area contributed by atoms with Crippen molar-refractivity contribution in [3.8, 4) is 5.75 Å². The highest BCUT2D eigenvalue weighted by Gasteiger charge is 2.28. The van der Waals surface area contributed by atoms with Crippen LogP contribution < -0.4 is 4.74 Å². The average Bonchev–Trinajstić information content (AvgIpc) is 2.47. The normalized spacial score (nSPS) is 18.3. The molecule has 0 aromatic heterocycles. The predicted octanol–water partition coefficient (Wildman–Crippen LogP) is 1.08. The highest BCUT2D eigenvalue weighted by atomic mass is 16.5. The van der Waals surface area contributed by atoms with E-state index >= 15 is 0 Å². The summed E-state index contributed by atoms with van der Waals surface area (Å²) in [6, 6.07) is 7.61. The van der Waals surface area contributed by atoms with Gasteiger partial charge in [-0.25, -0.2) is 4.79 Å². The SMILES string of the molecule is Cc1cccc(OCCC(=O)N2CCO[C@H](C(=O)O)C2)c1. The molecule has 1 N–H and O–H groups in total. The molecule has 1 heterocycles.